The van der Waals surface area contributed by atoms with Gasteiger partial charge < -0.3 is 15.4 Å². The number of rotatable bonds is 3. The Balaban J connectivity index is 1.75. The number of nitrogens with one attached hydrogen (secondary N) is 2. The zero-order valence-electron chi connectivity index (χ0n) is 15.2. The molecule has 1 aromatic carbocycles. The van der Waals surface area contributed by atoms with Crippen LogP contribution in [0.1, 0.15) is 25.3 Å². The molecule has 3 aromatic rings. The van der Waals surface area contributed by atoms with Crippen molar-refractivity contribution in [2.75, 3.05) is 5.32 Å². The van der Waals surface area contributed by atoms with Crippen molar-refractivity contribution in [1.29, 1.82) is 0 Å². The summed E-state index contributed by atoms with van der Waals surface area (Å²) in [5.74, 6) is 0.591. The largest absolute Gasteiger partial charge is 0.508 e. The van der Waals surface area contributed by atoms with Crippen LogP contribution in [-0.2, 0) is 4.79 Å². The van der Waals surface area contributed by atoms with Crippen molar-refractivity contribution in [3.8, 4) is 11.1 Å². The highest BCUT2D eigenvalue weighted by Gasteiger charge is 2.22. The summed E-state index contributed by atoms with van der Waals surface area (Å²) < 4.78 is 0. The third-order valence-electron chi connectivity index (χ3n) is 4.91. The normalized spacial score (nSPS) is 19.1. The van der Waals surface area contributed by atoms with E-state index in [0.29, 0.717) is 5.76 Å². The van der Waals surface area contributed by atoms with Crippen LogP contribution in [0.3, 0.4) is 0 Å². The summed E-state index contributed by atoms with van der Waals surface area (Å²) in [4.78, 5) is 19.1. The molecule has 27 heavy (non-hydrogen) atoms. The van der Waals surface area contributed by atoms with Gasteiger partial charge in [0, 0.05) is 41.9 Å². The van der Waals surface area contributed by atoms with Gasteiger partial charge in [-0.1, -0.05) is 25.1 Å². The number of benzene rings is 1. The number of hydrogen-bond acceptors (Lipinski definition) is 3. The second kappa shape index (κ2) is 6.76. The van der Waals surface area contributed by atoms with Gasteiger partial charge in [-0.25, -0.2) is 4.98 Å². The number of aliphatic hydroxyl groups excluding tert-OH is 1. The van der Waals surface area contributed by atoms with Crippen molar-refractivity contribution in [3.05, 3.63) is 72.3 Å². The van der Waals surface area contributed by atoms with Gasteiger partial charge in [0.05, 0.1) is 0 Å². The highest BCUT2D eigenvalue weighted by Crippen LogP contribution is 2.36. The quantitative estimate of drug-likeness (QED) is 0.621. The van der Waals surface area contributed by atoms with Crippen LogP contribution >= 0.6 is 0 Å². The monoisotopic (exact) mass is 359 g/mol. The predicted molar refractivity (Wildman–Crippen MR) is 108 cm³/mol. The van der Waals surface area contributed by atoms with E-state index >= 15 is 0 Å². The van der Waals surface area contributed by atoms with Gasteiger partial charge in [0.1, 0.15) is 11.4 Å². The third kappa shape index (κ3) is 3.36. The summed E-state index contributed by atoms with van der Waals surface area (Å²) in [6, 6.07) is 9.86. The fourth-order valence-corrected chi connectivity index (χ4v) is 3.63. The van der Waals surface area contributed by atoms with Gasteiger partial charge in [0.2, 0.25) is 5.91 Å². The lowest BCUT2D eigenvalue weighted by atomic mass is 9.83. The van der Waals surface area contributed by atoms with Gasteiger partial charge >= 0.3 is 0 Å². The molecule has 0 fully saturated rings. The maximum atomic E-state index is 11.3. The minimum absolute atomic E-state index is 0.0944. The summed E-state index contributed by atoms with van der Waals surface area (Å²) in [5.41, 5.74) is 4.74. The fourth-order valence-electron chi connectivity index (χ4n) is 3.63. The van der Waals surface area contributed by atoms with Crippen LogP contribution in [-0.4, -0.2) is 21.0 Å². The minimum Gasteiger partial charge on any atom is -0.508 e. The Bertz CT molecular complexity index is 1080. The number of allylic oxidation sites excluding steroid dienone is 3. The first kappa shape index (κ1) is 17.1. The first-order chi connectivity index (χ1) is 13.0. The summed E-state index contributed by atoms with van der Waals surface area (Å²) in [5, 5.41) is 13.6. The second-order valence-electron chi connectivity index (χ2n) is 6.96. The van der Waals surface area contributed by atoms with Crippen molar-refractivity contribution in [2.45, 2.75) is 19.8 Å². The molecule has 0 radical (unpaired) electrons. The SMILES string of the molecule is CC(=O)Nc1cccc(-c2cnc3[nH]cc(C4C=CC(O)=CC4C)c3c2)c1. The van der Waals surface area contributed by atoms with Crippen LogP contribution in [0.4, 0.5) is 5.69 Å². The number of anilines is 1. The van der Waals surface area contributed by atoms with Crippen LogP contribution < -0.4 is 5.32 Å². The second-order valence-corrected chi connectivity index (χ2v) is 6.96. The maximum Gasteiger partial charge on any atom is 0.221 e. The molecule has 5 heteroatoms. The Morgan fingerprint density at radius 2 is 2.11 bits per heavy atom. The zero-order valence-corrected chi connectivity index (χ0v) is 15.2. The smallest absolute Gasteiger partial charge is 0.221 e. The van der Waals surface area contributed by atoms with Crippen molar-refractivity contribution >= 4 is 22.6 Å². The standard InChI is InChI=1S/C22H21N3O2/c1-13-8-18(27)6-7-19(13)21-12-24-22-20(21)10-16(11-23-22)15-4-3-5-17(9-15)25-14(2)26/h3-13,19,27H,1-2H3,(H,23,24)(H,25,26). The molecule has 1 aliphatic carbocycles. The van der Waals surface area contributed by atoms with Crippen LogP contribution in [0.5, 0.6) is 0 Å². The molecule has 0 spiro atoms. The van der Waals surface area contributed by atoms with Gasteiger partial charge in [-0.3, -0.25) is 4.79 Å². The lowest BCUT2D eigenvalue weighted by molar-refractivity contribution is -0.114. The molecule has 0 bridgehead atoms. The van der Waals surface area contributed by atoms with Crippen molar-refractivity contribution in [1.82, 2.24) is 9.97 Å². The summed E-state index contributed by atoms with van der Waals surface area (Å²) in [6.07, 6.45) is 9.49. The number of aromatic nitrogens is 2. The molecular weight excluding hydrogens is 338 g/mol. The first-order valence-electron chi connectivity index (χ1n) is 8.95. The average molecular weight is 359 g/mol. The number of aliphatic hydroxyl groups is 1. The summed E-state index contributed by atoms with van der Waals surface area (Å²) in [7, 11) is 0. The van der Waals surface area contributed by atoms with E-state index in [1.807, 2.05) is 48.8 Å². The van der Waals surface area contributed by atoms with Crippen LogP contribution in [0.25, 0.3) is 22.2 Å². The van der Waals surface area contributed by atoms with Crippen LogP contribution in [0, 0.1) is 5.92 Å². The topological polar surface area (TPSA) is 78.0 Å². The van der Waals surface area contributed by atoms with E-state index in [2.05, 4.69) is 28.3 Å². The highest BCUT2D eigenvalue weighted by molar-refractivity contribution is 5.90. The fraction of sp³-hybridized carbons (Fsp3) is 0.182. The molecule has 2 atom stereocenters. The van der Waals surface area contributed by atoms with E-state index < -0.39 is 0 Å². The average Bonchev–Trinajstić information content (AvgIpc) is 3.04. The highest BCUT2D eigenvalue weighted by atomic mass is 16.3. The molecule has 4 rings (SSSR count). The van der Waals surface area contributed by atoms with Crippen molar-refractivity contribution in [3.63, 3.8) is 0 Å². The Kier molecular flexibility index (Phi) is 4.28. The molecule has 5 nitrogen and oxygen atoms in total. The number of hydrogen-bond donors (Lipinski definition) is 3. The molecule has 1 aliphatic rings. The maximum absolute atomic E-state index is 11.3. The van der Waals surface area contributed by atoms with Gasteiger partial charge in [-0.15, -0.1) is 0 Å². The summed E-state index contributed by atoms with van der Waals surface area (Å²) in [6.45, 7) is 3.59. The van der Waals surface area contributed by atoms with Crippen molar-refractivity contribution < 1.29 is 9.90 Å². The van der Waals surface area contributed by atoms with Gasteiger partial charge in [-0.05, 0) is 47.4 Å². The molecular formula is C22H21N3O2. The molecule has 3 N–H and O–H groups in total. The number of pyridine rings is 1. The van der Waals surface area contributed by atoms with E-state index in [4.69, 9.17) is 0 Å². The number of aromatic amines is 1. The Labute approximate surface area is 157 Å². The predicted octanol–water partition coefficient (Wildman–Crippen LogP) is 4.92. The number of amides is 1. The van der Waals surface area contributed by atoms with E-state index in [1.165, 1.54) is 6.92 Å². The molecule has 0 saturated heterocycles. The number of nitrogens with zero attached hydrogens (tertiary/aromatic N) is 1. The van der Waals surface area contributed by atoms with Crippen LogP contribution in [0.15, 0.2) is 66.7 Å². The lowest BCUT2D eigenvalue weighted by Crippen LogP contribution is -2.08. The van der Waals surface area contributed by atoms with Crippen molar-refractivity contribution in [2.24, 2.45) is 5.92 Å². The number of carbonyl (C=O) groups is 1. The number of fused-ring (bicyclic) bond motifs is 1. The van der Waals surface area contributed by atoms with Gasteiger partial charge in [-0.2, -0.15) is 0 Å². The molecule has 2 unspecified atom stereocenters. The Morgan fingerprint density at radius 1 is 1.26 bits per heavy atom. The molecule has 2 heterocycles. The molecule has 0 saturated carbocycles. The molecule has 2 aromatic heterocycles. The van der Waals surface area contributed by atoms with Crippen LogP contribution in [0.2, 0.25) is 0 Å². The lowest BCUT2D eigenvalue weighted by Gasteiger charge is -2.21. The molecule has 1 amide bonds. The Morgan fingerprint density at radius 3 is 2.89 bits per heavy atom. The van der Waals surface area contributed by atoms with E-state index in [9.17, 15) is 9.90 Å². The van der Waals surface area contributed by atoms with Gasteiger partial charge in [0.25, 0.3) is 0 Å². The number of H-pyrrole nitrogens is 1. The third-order valence-corrected chi connectivity index (χ3v) is 4.91. The molecule has 136 valence electrons. The molecule has 0 aliphatic heterocycles. The summed E-state index contributed by atoms with van der Waals surface area (Å²) >= 11 is 0. The van der Waals surface area contributed by atoms with E-state index in [0.717, 1.165) is 33.4 Å². The minimum atomic E-state index is -0.0944. The first-order valence-corrected chi connectivity index (χ1v) is 8.95. The Hall–Kier alpha value is -3.34. The number of carbonyl (C=O) groups excluding carboxylic acids is 1. The van der Waals surface area contributed by atoms with E-state index in [1.54, 1.807) is 6.08 Å². The van der Waals surface area contributed by atoms with E-state index in [-0.39, 0.29) is 17.7 Å². The zero-order chi connectivity index (χ0) is 19.0. The van der Waals surface area contributed by atoms with Gasteiger partial charge in [0.15, 0.2) is 0 Å².